The maximum Gasteiger partial charge on any atom is 0.250 e. The lowest BCUT2D eigenvalue weighted by atomic mass is 10.3. The highest BCUT2D eigenvalue weighted by molar-refractivity contribution is 7.90. The van der Waals surface area contributed by atoms with Crippen LogP contribution in [0, 0.1) is 0 Å². The van der Waals surface area contributed by atoms with Crippen molar-refractivity contribution < 1.29 is 13.2 Å². The van der Waals surface area contributed by atoms with Crippen LogP contribution in [0.3, 0.4) is 0 Å². The van der Waals surface area contributed by atoms with Crippen LogP contribution in [0.5, 0.6) is 0 Å². The number of sulfone groups is 1. The molecule has 2 heterocycles. The second-order valence-corrected chi connectivity index (χ2v) is 6.53. The number of rotatable bonds is 2. The van der Waals surface area contributed by atoms with Gasteiger partial charge in [-0.1, -0.05) is 11.6 Å². The molecule has 2 rings (SSSR count). The minimum Gasteiger partial charge on any atom is -0.375 e. The summed E-state index contributed by atoms with van der Waals surface area (Å²) in [6, 6.07) is 1.56. The fourth-order valence-corrected chi connectivity index (χ4v) is 2.49. The molecule has 1 atom stereocenters. The van der Waals surface area contributed by atoms with Gasteiger partial charge < -0.3 is 9.64 Å². The van der Waals surface area contributed by atoms with Crippen molar-refractivity contribution in [3.05, 3.63) is 11.2 Å². The van der Waals surface area contributed by atoms with Crippen molar-refractivity contribution in [2.45, 2.75) is 18.2 Å². The Morgan fingerprint density at radius 1 is 1.50 bits per heavy atom. The Kier molecular flexibility index (Phi) is 3.74. The lowest BCUT2D eigenvalue weighted by Crippen LogP contribution is -2.41. The highest BCUT2D eigenvalue weighted by Gasteiger charge is 2.21. The van der Waals surface area contributed by atoms with E-state index >= 15 is 0 Å². The number of ether oxygens (including phenoxy) is 1. The van der Waals surface area contributed by atoms with Crippen molar-refractivity contribution >= 4 is 27.3 Å². The lowest BCUT2D eigenvalue weighted by Gasteiger charge is -2.32. The Balaban J connectivity index is 2.36. The number of halogens is 1. The average molecular weight is 292 g/mol. The van der Waals surface area contributed by atoms with Crippen molar-refractivity contribution in [3.8, 4) is 0 Å². The molecule has 1 fully saturated rings. The molecule has 0 amide bonds. The lowest BCUT2D eigenvalue weighted by molar-refractivity contribution is 0.0529. The van der Waals surface area contributed by atoms with Crippen LogP contribution in [0.2, 0.25) is 5.15 Å². The first-order valence-electron chi connectivity index (χ1n) is 5.47. The maximum absolute atomic E-state index is 11.5. The number of hydrogen-bond donors (Lipinski definition) is 0. The molecular formula is C10H14ClN3O3S. The summed E-state index contributed by atoms with van der Waals surface area (Å²) in [5.74, 6) is 0.519. The molecule has 1 aromatic heterocycles. The molecule has 1 aliphatic heterocycles. The van der Waals surface area contributed by atoms with E-state index in [1.165, 1.54) is 0 Å². The van der Waals surface area contributed by atoms with E-state index in [-0.39, 0.29) is 16.4 Å². The largest absolute Gasteiger partial charge is 0.375 e. The van der Waals surface area contributed by atoms with Gasteiger partial charge in [-0.05, 0) is 6.92 Å². The van der Waals surface area contributed by atoms with E-state index in [4.69, 9.17) is 16.3 Å². The summed E-state index contributed by atoms with van der Waals surface area (Å²) in [6.07, 6.45) is 1.14. The van der Waals surface area contributed by atoms with E-state index < -0.39 is 9.84 Å². The molecule has 0 aliphatic carbocycles. The van der Waals surface area contributed by atoms with Crippen LogP contribution in [0.25, 0.3) is 0 Å². The third-order valence-corrected chi connectivity index (χ3v) is 3.60. The van der Waals surface area contributed by atoms with Gasteiger partial charge >= 0.3 is 0 Å². The first kappa shape index (κ1) is 13.5. The van der Waals surface area contributed by atoms with Gasteiger partial charge in [0, 0.05) is 25.4 Å². The Hall–Kier alpha value is -0.920. The number of anilines is 1. The van der Waals surface area contributed by atoms with Crippen LogP contribution in [0.4, 0.5) is 5.82 Å². The Bertz CT molecular complexity index is 549. The van der Waals surface area contributed by atoms with Gasteiger partial charge in [0.05, 0.1) is 12.7 Å². The van der Waals surface area contributed by atoms with Crippen LogP contribution >= 0.6 is 11.6 Å². The SMILES string of the molecule is C[C@@H]1CN(c2cc(Cl)nc(S(C)(=O)=O)n2)CCO1. The molecular weight excluding hydrogens is 278 g/mol. The topological polar surface area (TPSA) is 72.4 Å². The van der Waals surface area contributed by atoms with Gasteiger partial charge in [-0.15, -0.1) is 0 Å². The van der Waals surface area contributed by atoms with E-state index in [1.54, 1.807) is 6.07 Å². The molecule has 0 radical (unpaired) electrons. The molecule has 1 aliphatic rings. The summed E-state index contributed by atoms with van der Waals surface area (Å²) in [4.78, 5) is 9.72. The number of aromatic nitrogens is 2. The van der Waals surface area contributed by atoms with Gasteiger partial charge in [-0.3, -0.25) is 0 Å². The zero-order valence-electron chi connectivity index (χ0n) is 10.1. The Morgan fingerprint density at radius 2 is 2.22 bits per heavy atom. The van der Waals surface area contributed by atoms with Gasteiger partial charge in [-0.2, -0.15) is 0 Å². The van der Waals surface area contributed by atoms with Crippen molar-refractivity contribution in [1.82, 2.24) is 9.97 Å². The van der Waals surface area contributed by atoms with Crippen molar-refractivity contribution in [2.75, 3.05) is 30.9 Å². The van der Waals surface area contributed by atoms with Gasteiger partial charge in [0.1, 0.15) is 11.0 Å². The number of hydrogen-bond acceptors (Lipinski definition) is 6. The maximum atomic E-state index is 11.5. The zero-order valence-corrected chi connectivity index (χ0v) is 11.7. The Labute approximate surface area is 111 Å². The van der Waals surface area contributed by atoms with E-state index in [0.717, 1.165) is 6.26 Å². The highest BCUT2D eigenvalue weighted by Crippen LogP contribution is 2.20. The fourth-order valence-electron chi connectivity index (χ4n) is 1.74. The van der Waals surface area contributed by atoms with Gasteiger partial charge in [0.15, 0.2) is 0 Å². The van der Waals surface area contributed by atoms with E-state index in [2.05, 4.69) is 9.97 Å². The molecule has 1 saturated heterocycles. The summed E-state index contributed by atoms with van der Waals surface area (Å²) in [5, 5.41) is -0.122. The average Bonchev–Trinajstić information content (AvgIpc) is 2.27. The summed E-state index contributed by atoms with van der Waals surface area (Å²) in [7, 11) is -3.46. The highest BCUT2D eigenvalue weighted by atomic mass is 35.5. The second-order valence-electron chi connectivity index (χ2n) is 4.23. The van der Waals surface area contributed by atoms with E-state index in [9.17, 15) is 8.42 Å². The third-order valence-electron chi connectivity index (χ3n) is 2.56. The first-order chi connectivity index (χ1) is 8.36. The van der Waals surface area contributed by atoms with Crippen LogP contribution in [0.1, 0.15) is 6.92 Å². The summed E-state index contributed by atoms with van der Waals surface area (Å²) in [6.45, 7) is 3.83. The smallest absolute Gasteiger partial charge is 0.250 e. The van der Waals surface area contributed by atoms with Crippen molar-refractivity contribution in [1.29, 1.82) is 0 Å². The molecule has 18 heavy (non-hydrogen) atoms. The second kappa shape index (κ2) is 4.99. The summed E-state index contributed by atoms with van der Waals surface area (Å²) in [5.41, 5.74) is 0. The minimum absolute atomic E-state index is 0.0779. The van der Waals surface area contributed by atoms with Crippen LogP contribution in [-0.4, -0.2) is 50.4 Å². The molecule has 0 N–H and O–H groups in total. The molecule has 100 valence electrons. The van der Waals surface area contributed by atoms with Crippen molar-refractivity contribution in [3.63, 3.8) is 0 Å². The van der Waals surface area contributed by atoms with Gasteiger partial charge in [0.2, 0.25) is 15.0 Å². The zero-order chi connectivity index (χ0) is 13.3. The van der Waals surface area contributed by atoms with Crippen LogP contribution in [-0.2, 0) is 14.6 Å². The third kappa shape index (κ3) is 3.09. The first-order valence-corrected chi connectivity index (χ1v) is 7.74. The van der Waals surface area contributed by atoms with E-state index in [1.807, 2.05) is 11.8 Å². The molecule has 1 aromatic rings. The van der Waals surface area contributed by atoms with Gasteiger partial charge in [0.25, 0.3) is 0 Å². The molecule has 0 saturated carbocycles. The number of morpholine rings is 1. The fraction of sp³-hybridized carbons (Fsp3) is 0.600. The van der Waals surface area contributed by atoms with Crippen molar-refractivity contribution in [2.24, 2.45) is 0 Å². The Morgan fingerprint density at radius 3 is 2.83 bits per heavy atom. The molecule has 8 heteroatoms. The molecule has 0 bridgehead atoms. The molecule has 0 spiro atoms. The minimum atomic E-state index is -3.46. The van der Waals surface area contributed by atoms with E-state index in [0.29, 0.717) is 25.5 Å². The normalized spacial score (nSPS) is 21.1. The molecule has 0 aromatic carbocycles. The van der Waals surface area contributed by atoms with Crippen LogP contribution in [0.15, 0.2) is 11.2 Å². The van der Waals surface area contributed by atoms with Gasteiger partial charge in [-0.25, -0.2) is 18.4 Å². The quantitative estimate of drug-likeness (QED) is 0.592. The summed E-state index contributed by atoms with van der Waals surface area (Å²) < 4.78 is 28.3. The van der Waals surface area contributed by atoms with Crippen LogP contribution < -0.4 is 4.90 Å². The monoisotopic (exact) mass is 291 g/mol. The molecule has 0 unspecified atom stereocenters. The predicted molar refractivity (Wildman–Crippen MR) is 67.8 cm³/mol. The molecule has 6 nitrogen and oxygen atoms in total. The standard InChI is InChI=1S/C10H14ClN3O3S/c1-7-6-14(3-4-17-7)9-5-8(11)12-10(13-9)18(2,15)16/h5,7H,3-4,6H2,1-2H3/t7-/m1/s1. The number of nitrogens with zero attached hydrogens (tertiary/aromatic N) is 3. The summed E-state index contributed by atoms with van der Waals surface area (Å²) >= 11 is 5.84. The predicted octanol–water partition coefficient (Wildman–Crippen LogP) is 0.759.